The number of hydrogen-bond acceptors (Lipinski definition) is 2. The van der Waals surface area contributed by atoms with Gasteiger partial charge < -0.3 is 4.74 Å². The van der Waals surface area contributed by atoms with E-state index in [1.165, 1.54) is 6.26 Å². The summed E-state index contributed by atoms with van der Waals surface area (Å²) in [4.78, 5) is 9.85. The molecule has 0 aromatic heterocycles. The lowest BCUT2D eigenvalue weighted by Crippen LogP contribution is -1.79. The molecule has 8 heavy (non-hydrogen) atoms. The van der Waals surface area contributed by atoms with Gasteiger partial charge in [-0.1, -0.05) is 0 Å². The van der Waals surface area contributed by atoms with Gasteiger partial charge in [-0.3, -0.25) is 4.79 Å². The highest BCUT2D eigenvalue weighted by Crippen LogP contribution is 1.99. The third-order valence-electron chi connectivity index (χ3n) is 0.475. The molecular formula is C5H7IO2. The average Bonchev–Trinajstić information content (AvgIpc) is 1.83. The first-order valence-corrected chi connectivity index (χ1v) is 3.31. The molecule has 0 amide bonds. The maximum Gasteiger partial charge on any atom is 0.159 e. The Kier molecular flexibility index (Phi) is 5.05. The van der Waals surface area contributed by atoms with Gasteiger partial charge in [0.2, 0.25) is 0 Å². The van der Waals surface area contributed by atoms with Crippen LogP contribution >= 0.6 is 22.6 Å². The zero-order valence-electron chi connectivity index (χ0n) is 4.56. The van der Waals surface area contributed by atoms with Crippen molar-refractivity contribution in [3.8, 4) is 0 Å². The number of hydrogen-bond donors (Lipinski definition) is 0. The van der Waals surface area contributed by atoms with E-state index in [4.69, 9.17) is 4.74 Å². The molecule has 3 heteroatoms. The summed E-state index contributed by atoms with van der Waals surface area (Å²) in [6.07, 6.45) is 2.18. The summed E-state index contributed by atoms with van der Waals surface area (Å²) in [7, 11) is 0. The predicted octanol–water partition coefficient (Wildman–Crippen LogP) is 1.50. The van der Waals surface area contributed by atoms with E-state index < -0.39 is 0 Å². The lowest BCUT2D eigenvalue weighted by atomic mass is 10.7. The summed E-state index contributed by atoms with van der Waals surface area (Å²) >= 11 is 1.90. The first-order chi connectivity index (χ1) is 3.81. The molecule has 0 N–H and O–H groups in total. The molecule has 2 nitrogen and oxygen atoms in total. The monoisotopic (exact) mass is 226 g/mol. The van der Waals surface area contributed by atoms with Crippen molar-refractivity contribution in [1.82, 2.24) is 0 Å². The van der Waals surface area contributed by atoms with Gasteiger partial charge in [0.15, 0.2) is 6.29 Å². The lowest BCUT2D eigenvalue weighted by molar-refractivity contribution is -0.104. The number of halogens is 1. The van der Waals surface area contributed by atoms with Crippen molar-refractivity contribution in [2.75, 3.05) is 6.61 Å². The Hall–Kier alpha value is -0.0600. The van der Waals surface area contributed by atoms with Gasteiger partial charge in [-0.15, -0.1) is 0 Å². The molecule has 46 valence electrons. The van der Waals surface area contributed by atoms with E-state index in [1.807, 2.05) is 29.5 Å². The quantitative estimate of drug-likeness (QED) is 0.315. The van der Waals surface area contributed by atoms with Crippen molar-refractivity contribution in [3.63, 3.8) is 0 Å². The molecule has 0 aromatic rings. The van der Waals surface area contributed by atoms with E-state index in [1.54, 1.807) is 0 Å². The molecule has 0 unspecified atom stereocenters. The summed E-state index contributed by atoms with van der Waals surface area (Å²) in [6, 6.07) is 0. The second kappa shape index (κ2) is 5.08. The molecular weight excluding hydrogens is 219 g/mol. The molecule has 0 rings (SSSR count). The van der Waals surface area contributed by atoms with Crippen molar-refractivity contribution in [3.05, 3.63) is 9.84 Å². The molecule has 0 bridgehead atoms. The van der Waals surface area contributed by atoms with E-state index in [2.05, 4.69) is 0 Å². The maximum absolute atomic E-state index is 9.85. The largest absolute Gasteiger partial charge is 0.500 e. The first kappa shape index (κ1) is 7.94. The SMILES string of the molecule is CCO/C=C(\I)C=O. The molecule has 0 radical (unpaired) electrons. The number of carbonyl (C=O) groups excluding carboxylic acids is 1. The van der Waals surface area contributed by atoms with E-state index in [9.17, 15) is 4.79 Å². The van der Waals surface area contributed by atoms with Gasteiger partial charge in [-0.2, -0.15) is 0 Å². The molecule has 0 heterocycles. The highest BCUT2D eigenvalue weighted by Gasteiger charge is 1.82. The van der Waals surface area contributed by atoms with Crippen LogP contribution in [0.4, 0.5) is 0 Å². The molecule has 0 saturated heterocycles. The molecule has 0 spiro atoms. The molecule has 0 aliphatic heterocycles. The second-order valence-corrected chi connectivity index (χ2v) is 2.32. The second-order valence-electron chi connectivity index (χ2n) is 1.08. The minimum atomic E-state index is 0.587. The number of aldehydes is 1. The average molecular weight is 226 g/mol. The maximum atomic E-state index is 9.85. The fraction of sp³-hybridized carbons (Fsp3) is 0.400. The van der Waals surface area contributed by atoms with Crippen LogP contribution in [0.1, 0.15) is 6.92 Å². The Morgan fingerprint density at radius 1 is 1.88 bits per heavy atom. The van der Waals surface area contributed by atoms with Crippen molar-refractivity contribution in [1.29, 1.82) is 0 Å². The molecule has 0 aliphatic rings. The minimum absolute atomic E-state index is 0.587. The standard InChI is InChI=1S/C5H7IO2/c1-2-8-4-5(6)3-7/h3-4H,2H2,1H3/b5-4-. The van der Waals surface area contributed by atoms with E-state index in [0.29, 0.717) is 10.2 Å². The van der Waals surface area contributed by atoms with Crippen LogP contribution in [0.2, 0.25) is 0 Å². The Bertz CT molecular complexity index is 98.6. The summed E-state index contributed by atoms with van der Waals surface area (Å²) < 4.78 is 5.37. The van der Waals surface area contributed by atoms with Crippen LogP contribution in [0.5, 0.6) is 0 Å². The lowest BCUT2D eigenvalue weighted by Gasteiger charge is -1.90. The Morgan fingerprint density at radius 2 is 2.50 bits per heavy atom. The highest BCUT2D eigenvalue weighted by molar-refractivity contribution is 14.1. The fourth-order valence-corrected chi connectivity index (χ4v) is 0.371. The van der Waals surface area contributed by atoms with E-state index >= 15 is 0 Å². The molecule has 0 atom stereocenters. The van der Waals surface area contributed by atoms with Crippen LogP contribution < -0.4 is 0 Å². The highest BCUT2D eigenvalue weighted by atomic mass is 127. The van der Waals surface area contributed by atoms with Crippen molar-refractivity contribution < 1.29 is 9.53 Å². The van der Waals surface area contributed by atoms with Crippen LogP contribution in [0.15, 0.2) is 9.84 Å². The van der Waals surface area contributed by atoms with Gasteiger partial charge >= 0.3 is 0 Å². The molecule has 0 aromatic carbocycles. The van der Waals surface area contributed by atoms with Crippen LogP contribution in [-0.2, 0) is 9.53 Å². The van der Waals surface area contributed by atoms with Gasteiger partial charge in [0, 0.05) is 0 Å². The number of carbonyl (C=O) groups is 1. The number of allylic oxidation sites excluding steroid dienone is 1. The smallest absolute Gasteiger partial charge is 0.159 e. The van der Waals surface area contributed by atoms with Crippen molar-refractivity contribution in [2.45, 2.75) is 6.92 Å². The van der Waals surface area contributed by atoms with E-state index in [0.717, 1.165) is 6.29 Å². The Balaban J connectivity index is 3.40. The third-order valence-corrected chi connectivity index (χ3v) is 0.984. The van der Waals surface area contributed by atoms with Gasteiger partial charge in [0.05, 0.1) is 16.4 Å². The summed E-state index contributed by atoms with van der Waals surface area (Å²) in [5, 5.41) is 0. The van der Waals surface area contributed by atoms with Crippen molar-refractivity contribution >= 4 is 28.9 Å². The van der Waals surface area contributed by atoms with Gasteiger partial charge in [-0.05, 0) is 29.5 Å². The Morgan fingerprint density at radius 3 is 2.88 bits per heavy atom. The van der Waals surface area contributed by atoms with Crippen LogP contribution in [-0.4, -0.2) is 12.9 Å². The Labute approximate surface area is 62.0 Å². The van der Waals surface area contributed by atoms with Crippen molar-refractivity contribution in [2.24, 2.45) is 0 Å². The third kappa shape index (κ3) is 4.11. The molecule has 0 aliphatic carbocycles. The van der Waals surface area contributed by atoms with Gasteiger partial charge in [0.1, 0.15) is 0 Å². The zero-order chi connectivity index (χ0) is 6.41. The number of rotatable bonds is 3. The first-order valence-electron chi connectivity index (χ1n) is 2.23. The summed E-state index contributed by atoms with van der Waals surface area (Å²) in [6.45, 7) is 2.48. The van der Waals surface area contributed by atoms with Crippen LogP contribution in [0, 0.1) is 0 Å². The topological polar surface area (TPSA) is 26.3 Å². The minimum Gasteiger partial charge on any atom is -0.500 e. The zero-order valence-corrected chi connectivity index (χ0v) is 6.71. The molecule has 0 fully saturated rings. The van der Waals surface area contributed by atoms with Gasteiger partial charge in [0.25, 0.3) is 0 Å². The number of ether oxygens (including phenoxy) is 1. The fourth-order valence-electron chi connectivity index (χ4n) is 0.191. The van der Waals surface area contributed by atoms with Crippen LogP contribution in [0.25, 0.3) is 0 Å². The molecule has 0 saturated carbocycles. The normalized spacial score (nSPS) is 11.0. The summed E-state index contributed by atoms with van der Waals surface area (Å²) in [5.41, 5.74) is 0. The van der Waals surface area contributed by atoms with E-state index in [-0.39, 0.29) is 0 Å². The van der Waals surface area contributed by atoms with Crippen LogP contribution in [0.3, 0.4) is 0 Å². The van der Waals surface area contributed by atoms with Gasteiger partial charge in [-0.25, -0.2) is 0 Å². The summed E-state index contributed by atoms with van der Waals surface area (Å²) in [5.74, 6) is 0. The predicted molar refractivity (Wildman–Crippen MR) is 39.8 cm³/mol.